The summed E-state index contributed by atoms with van der Waals surface area (Å²) in [4.78, 5) is 0. The molecule has 0 aromatic heterocycles. The zero-order chi connectivity index (χ0) is 14.7. The molecule has 106 valence electrons. The van der Waals surface area contributed by atoms with E-state index in [2.05, 4.69) is 37.4 Å². The molecule has 0 unspecified atom stereocenters. The zero-order valence-electron chi connectivity index (χ0n) is 12.4. The Balaban J connectivity index is 2.20. The van der Waals surface area contributed by atoms with Crippen molar-refractivity contribution in [1.29, 1.82) is 0 Å². The summed E-state index contributed by atoms with van der Waals surface area (Å²) in [5, 5.41) is 4.15. The molecule has 0 aliphatic heterocycles. The highest BCUT2D eigenvalue weighted by Crippen LogP contribution is 2.31. The first-order valence-corrected chi connectivity index (χ1v) is 7.03. The molecule has 2 rings (SSSR count). The normalized spacial score (nSPS) is 10.4. The summed E-state index contributed by atoms with van der Waals surface area (Å²) in [5.74, 6) is 0.769. The van der Waals surface area contributed by atoms with Crippen LogP contribution in [0.5, 0.6) is 5.75 Å². The van der Waals surface area contributed by atoms with Gasteiger partial charge in [-0.05, 0) is 43.5 Å². The summed E-state index contributed by atoms with van der Waals surface area (Å²) < 4.78 is 5.37. The van der Waals surface area contributed by atoms with E-state index in [4.69, 9.17) is 16.3 Å². The SMILES string of the molecule is COc1cc(Cl)c(C)cc1NCc1ccc(C)cc1C. The molecule has 0 radical (unpaired) electrons. The number of rotatable bonds is 4. The van der Waals surface area contributed by atoms with Crippen LogP contribution in [-0.2, 0) is 6.54 Å². The first-order valence-electron chi connectivity index (χ1n) is 6.65. The third-order valence-corrected chi connectivity index (χ3v) is 3.86. The van der Waals surface area contributed by atoms with Gasteiger partial charge in [0.15, 0.2) is 0 Å². The second kappa shape index (κ2) is 6.19. The molecule has 0 saturated heterocycles. The van der Waals surface area contributed by atoms with Crippen LogP contribution in [0.2, 0.25) is 5.02 Å². The summed E-state index contributed by atoms with van der Waals surface area (Å²) in [6.45, 7) is 7.00. The van der Waals surface area contributed by atoms with Crippen LogP contribution in [0.3, 0.4) is 0 Å². The van der Waals surface area contributed by atoms with Crippen molar-refractivity contribution in [3.05, 3.63) is 57.6 Å². The summed E-state index contributed by atoms with van der Waals surface area (Å²) in [5.41, 5.74) is 5.86. The molecular weight excluding hydrogens is 270 g/mol. The molecular formula is C17H20ClNO. The average Bonchev–Trinajstić information content (AvgIpc) is 2.41. The number of methoxy groups -OCH3 is 1. The molecule has 3 heteroatoms. The Hall–Kier alpha value is -1.67. The standard InChI is InChI=1S/C17H20ClNO/c1-11-5-6-14(12(2)7-11)10-19-16-8-13(3)15(18)9-17(16)20-4/h5-9,19H,10H2,1-4H3. The van der Waals surface area contributed by atoms with Gasteiger partial charge in [0.2, 0.25) is 0 Å². The van der Waals surface area contributed by atoms with Gasteiger partial charge >= 0.3 is 0 Å². The van der Waals surface area contributed by atoms with Gasteiger partial charge in [-0.25, -0.2) is 0 Å². The van der Waals surface area contributed by atoms with E-state index in [1.54, 1.807) is 7.11 Å². The molecule has 2 aromatic rings. The summed E-state index contributed by atoms with van der Waals surface area (Å²) in [7, 11) is 1.66. The molecule has 1 N–H and O–H groups in total. The van der Waals surface area contributed by atoms with Gasteiger partial charge in [0.05, 0.1) is 12.8 Å². The Bertz CT molecular complexity index is 623. The first kappa shape index (κ1) is 14.7. The van der Waals surface area contributed by atoms with Gasteiger partial charge < -0.3 is 10.1 Å². The minimum absolute atomic E-state index is 0.721. The topological polar surface area (TPSA) is 21.3 Å². The van der Waals surface area contributed by atoms with Gasteiger partial charge in [-0.3, -0.25) is 0 Å². The Kier molecular flexibility index (Phi) is 4.56. The number of aryl methyl sites for hydroxylation is 3. The maximum absolute atomic E-state index is 6.12. The Morgan fingerprint density at radius 3 is 2.45 bits per heavy atom. The van der Waals surface area contributed by atoms with Gasteiger partial charge in [-0.15, -0.1) is 0 Å². The number of benzene rings is 2. The molecule has 0 bridgehead atoms. The second-order valence-corrected chi connectivity index (χ2v) is 5.49. The monoisotopic (exact) mass is 289 g/mol. The number of nitrogens with one attached hydrogen (secondary N) is 1. The highest BCUT2D eigenvalue weighted by molar-refractivity contribution is 6.31. The van der Waals surface area contributed by atoms with Crippen LogP contribution in [0.25, 0.3) is 0 Å². The first-order chi connectivity index (χ1) is 9.51. The van der Waals surface area contributed by atoms with Crippen molar-refractivity contribution in [2.75, 3.05) is 12.4 Å². The molecule has 0 spiro atoms. The maximum Gasteiger partial charge on any atom is 0.143 e. The molecule has 20 heavy (non-hydrogen) atoms. The number of ether oxygens (including phenoxy) is 1. The Morgan fingerprint density at radius 1 is 1.05 bits per heavy atom. The van der Waals surface area contributed by atoms with Crippen molar-refractivity contribution in [3.63, 3.8) is 0 Å². The third-order valence-electron chi connectivity index (χ3n) is 3.45. The van der Waals surface area contributed by atoms with E-state index >= 15 is 0 Å². The highest BCUT2D eigenvalue weighted by atomic mass is 35.5. The van der Waals surface area contributed by atoms with Crippen LogP contribution in [0.1, 0.15) is 22.3 Å². The van der Waals surface area contributed by atoms with E-state index in [1.807, 2.05) is 19.1 Å². The molecule has 0 atom stereocenters. The number of anilines is 1. The van der Waals surface area contributed by atoms with Gasteiger partial charge in [-0.1, -0.05) is 35.4 Å². The predicted octanol–water partition coefficient (Wildman–Crippen LogP) is 4.89. The fourth-order valence-corrected chi connectivity index (χ4v) is 2.36. The second-order valence-electron chi connectivity index (χ2n) is 5.09. The zero-order valence-corrected chi connectivity index (χ0v) is 13.1. The number of hydrogen-bond donors (Lipinski definition) is 1. The fraction of sp³-hybridized carbons (Fsp3) is 0.294. The van der Waals surface area contributed by atoms with Crippen LogP contribution < -0.4 is 10.1 Å². The quantitative estimate of drug-likeness (QED) is 0.865. The van der Waals surface area contributed by atoms with E-state index in [1.165, 1.54) is 16.7 Å². The van der Waals surface area contributed by atoms with E-state index in [-0.39, 0.29) is 0 Å². The lowest BCUT2D eigenvalue weighted by atomic mass is 10.1. The van der Waals surface area contributed by atoms with Gasteiger partial charge in [0, 0.05) is 17.6 Å². The largest absolute Gasteiger partial charge is 0.495 e. The summed E-state index contributed by atoms with van der Waals surface area (Å²) >= 11 is 6.12. The molecule has 2 nitrogen and oxygen atoms in total. The fourth-order valence-electron chi connectivity index (χ4n) is 2.20. The van der Waals surface area contributed by atoms with Crippen molar-refractivity contribution in [2.24, 2.45) is 0 Å². The van der Waals surface area contributed by atoms with E-state index in [0.717, 1.165) is 28.6 Å². The lowest BCUT2D eigenvalue weighted by Crippen LogP contribution is -2.03. The minimum atomic E-state index is 0.721. The number of hydrogen-bond acceptors (Lipinski definition) is 2. The molecule has 0 heterocycles. The Morgan fingerprint density at radius 2 is 1.80 bits per heavy atom. The smallest absolute Gasteiger partial charge is 0.143 e. The highest BCUT2D eigenvalue weighted by Gasteiger charge is 2.07. The Labute approximate surface area is 125 Å². The minimum Gasteiger partial charge on any atom is -0.495 e. The van der Waals surface area contributed by atoms with Crippen LogP contribution in [0.4, 0.5) is 5.69 Å². The number of halogens is 1. The maximum atomic E-state index is 6.12. The van der Waals surface area contributed by atoms with E-state index < -0.39 is 0 Å². The third kappa shape index (κ3) is 3.26. The van der Waals surface area contributed by atoms with Crippen LogP contribution in [0, 0.1) is 20.8 Å². The van der Waals surface area contributed by atoms with E-state index in [0.29, 0.717) is 0 Å². The van der Waals surface area contributed by atoms with Crippen LogP contribution in [0.15, 0.2) is 30.3 Å². The lowest BCUT2D eigenvalue weighted by Gasteiger charge is -2.14. The van der Waals surface area contributed by atoms with Crippen molar-refractivity contribution >= 4 is 17.3 Å². The van der Waals surface area contributed by atoms with Gasteiger partial charge in [0.25, 0.3) is 0 Å². The van der Waals surface area contributed by atoms with Gasteiger partial charge in [-0.2, -0.15) is 0 Å². The van der Waals surface area contributed by atoms with Crippen molar-refractivity contribution in [2.45, 2.75) is 27.3 Å². The molecule has 0 fully saturated rings. The summed E-state index contributed by atoms with van der Waals surface area (Å²) in [6.07, 6.45) is 0. The van der Waals surface area contributed by atoms with Crippen LogP contribution >= 0.6 is 11.6 Å². The lowest BCUT2D eigenvalue weighted by molar-refractivity contribution is 0.416. The summed E-state index contributed by atoms with van der Waals surface area (Å²) in [6, 6.07) is 10.4. The molecule has 0 aliphatic rings. The van der Waals surface area contributed by atoms with Crippen molar-refractivity contribution in [3.8, 4) is 5.75 Å². The molecule has 2 aromatic carbocycles. The average molecular weight is 290 g/mol. The van der Waals surface area contributed by atoms with Crippen molar-refractivity contribution in [1.82, 2.24) is 0 Å². The molecule has 0 aliphatic carbocycles. The molecule has 0 amide bonds. The van der Waals surface area contributed by atoms with E-state index in [9.17, 15) is 0 Å². The predicted molar refractivity (Wildman–Crippen MR) is 86.0 cm³/mol. The van der Waals surface area contributed by atoms with Crippen LogP contribution in [-0.4, -0.2) is 7.11 Å². The molecule has 0 saturated carbocycles. The van der Waals surface area contributed by atoms with Crippen molar-refractivity contribution < 1.29 is 4.74 Å². The van der Waals surface area contributed by atoms with Gasteiger partial charge in [0.1, 0.15) is 5.75 Å².